The van der Waals surface area contributed by atoms with Crippen LogP contribution in [0.25, 0.3) is 0 Å². The molecule has 0 radical (unpaired) electrons. The molecular formula is C24H31ClN4O4. The Morgan fingerprint density at radius 2 is 1.97 bits per heavy atom. The van der Waals surface area contributed by atoms with Gasteiger partial charge in [0.25, 0.3) is 5.91 Å². The number of ether oxygens (including phenoxy) is 1. The number of likely N-dealkylation sites (N-methyl/N-ethyl adjacent to an activating group) is 1. The predicted octanol–water partition coefficient (Wildman–Crippen LogP) is 3.10. The summed E-state index contributed by atoms with van der Waals surface area (Å²) in [7, 11) is 2.07. The number of hydrogen-bond acceptors (Lipinski definition) is 6. The van der Waals surface area contributed by atoms with Gasteiger partial charge in [-0.25, -0.2) is 4.98 Å². The molecule has 2 saturated heterocycles. The molecule has 2 aromatic rings. The summed E-state index contributed by atoms with van der Waals surface area (Å²) < 4.78 is 11.4. The molecule has 0 unspecified atom stereocenters. The Hall–Kier alpha value is -2.58. The lowest BCUT2D eigenvalue weighted by Gasteiger charge is -2.43. The van der Waals surface area contributed by atoms with E-state index in [1.54, 1.807) is 24.0 Å². The van der Waals surface area contributed by atoms with Gasteiger partial charge in [-0.15, -0.1) is 0 Å². The van der Waals surface area contributed by atoms with Crippen molar-refractivity contribution in [3.05, 3.63) is 47.1 Å². The molecule has 2 aliphatic heterocycles. The molecule has 8 nitrogen and oxygen atoms in total. The lowest BCUT2D eigenvalue weighted by molar-refractivity contribution is -0.137. The molecule has 0 N–H and O–H groups in total. The standard InChI is InChI=1S/C24H31ClN4O4/c1-18-22(26-17-33-18)23(31)29-8-4-7-24(15-29,16-32-20-6-3-5-19(25)13-20)14-21(30)28-11-9-27(2)10-12-28/h3,5-6,13,17H,4,7-12,14-16H2,1-2H3/t24-/m1/s1. The maximum absolute atomic E-state index is 13.3. The maximum atomic E-state index is 13.3. The van der Waals surface area contributed by atoms with Gasteiger partial charge in [-0.3, -0.25) is 9.59 Å². The monoisotopic (exact) mass is 474 g/mol. The minimum Gasteiger partial charge on any atom is -0.493 e. The summed E-state index contributed by atoms with van der Waals surface area (Å²) >= 11 is 6.12. The average Bonchev–Trinajstić information content (AvgIpc) is 3.24. The quantitative estimate of drug-likeness (QED) is 0.640. The number of hydrogen-bond donors (Lipinski definition) is 0. The molecular weight excluding hydrogens is 444 g/mol. The highest BCUT2D eigenvalue weighted by Crippen LogP contribution is 2.36. The molecule has 2 amide bonds. The van der Waals surface area contributed by atoms with Crippen LogP contribution in [0.3, 0.4) is 0 Å². The summed E-state index contributed by atoms with van der Waals surface area (Å²) in [6.45, 7) is 6.29. The highest BCUT2D eigenvalue weighted by molar-refractivity contribution is 6.30. The van der Waals surface area contributed by atoms with Crippen LogP contribution in [0.15, 0.2) is 35.1 Å². The van der Waals surface area contributed by atoms with Crippen LogP contribution in [0, 0.1) is 12.3 Å². The largest absolute Gasteiger partial charge is 0.493 e. The SMILES string of the molecule is Cc1ocnc1C(=O)N1CCC[C@@](COc2cccc(Cl)c2)(CC(=O)N2CCN(C)CC2)C1. The van der Waals surface area contributed by atoms with Gasteiger partial charge in [-0.1, -0.05) is 17.7 Å². The molecule has 0 aliphatic carbocycles. The van der Waals surface area contributed by atoms with Gasteiger partial charge in [0.1, 0.15) is 11.5 Å². The Bertz CT molecular complexity index is 988. The van der Waals surface area contributed by atoms with Gasteiger partial charge >= 0.3 is 0 Å². The lowest BCUT2D eigenvalue weighted by atomic mass is 9.77. The molecule has 1 aromatic carbocycles. The van der Waals surface area contributed by atoms with Crippen LogP contribution in [0.4, 0.5) is 0 Å². The molecule has 1 aromatic heterocycles. The molecule has 9 heteroatoms. The van der Waals surface area contributed by atoms with Crippen molar-refractivity contribution in [3.8, 4) is 5.75 Å². The van der Waals surface area contributed by atoms with Crippen molar-refractivity contribution in [1.82, 2.24) is 19.7 Å². The number of nitrogens with zero attached hydrogens (tertiary/aromatic N) is 4. The van der Waals surface area contributed by atoms with Crippen LogP contribution in [-0.2, 0) is 4.79 Å². The van der Waals surface area contributed by atoms with E-state index in [9.17, 15) is 9.59 Å². The minimum atomic E-state index is -0.492. The lowest BCUT2D eigenvalue weighted by Crippen LogP contribution is -2.53. The number of likely N-dealkylation sites (tertiary alicyclic amines) is 1. The average molecular weight is 475 g/mol. The smallest absolute Gasteiger partial charge is 0.276 e. The molecule has 2 fully saturated rings. The number of carbonyl (C=O) groups excluding carboxylic acids is 2. The van der Waals surface area contributed by atoms with Crippen LogP contribution < -0.4 is 4.74 Å². The number of oxazole rings is 1. The number of piperidine rings is 1. The van der Waals surface area contributed by atoms with Crippen molar-refractivity contribution in [1.29, 1.82) is 0 Å². The first-order valence-corrected chi connectivity index (χ1v) is 11.8. The second-order valence-electron chi connectivity index (χ2n) is 9.19. The fraction of sp³-hybridized carbons (Fsp3) is 0.542. The third-order valence-corrected chi connectivity index (χ3v) is 6.85. The molecule has 0 bridgehead atoms. The number of amides is 2. The van der Waals surface area contributed by atoms with Crippen LogP contribution in [0.2, 0.25) is 5.02 Å². The van der Waals surface area contributed by atoms with Gasteiger partial charge in [-0.05, 0) is 45.0 Å². The Morgan fingerprint density at radius 3 is 2.67 bits per heavy atom. The summed E-state index contributed by atoms with van der Waals surface area (Å²) in [5.41, 5.74) is -0.166. The highest BCUT2D eigenvalue weighted by atomic mass is 35.5. The summed E-state index contributed by atoms with van der Waals surface area (Å²) in [6, 6.07) is 7.25. The number of carbonyl (C=O) groups is 2. The Kier molecular flexibility index (Phi) is 7.24. The normalized spacial score (nSPS) is 21.8. The van der Waals surface area contributed by atoms with E-state index in [1.165, 1.54) is 6.39 Å². The van der Waals surface area contributed by atoms with Gasteiger partial charge in [-0.2, -0.15) is 0 Å². The molecule has 1 atom stereocenters. The second-order valence-corrected chi connectivity index (χ2v) is 9.63. The number of aromatic nitrogens is 1. The van der Waals surface area contributed by atoms with E-state index in [2.05, 4.69) is 16.9 Å². The zero-order valence-corrected chi connectivity index (χ0v) is 20.0. The van der Waals surface area contributed by atoms with Gasteiger partial charge in [0.15, 0.2) is 12.1 Å². The molecule has 0 saturated carbocycles. The van der Waals surface area contributed by atoms with Gasteiger partial charge in [0.2, 0.25) is 5.91 Å². The van der Waals surface area contributed by atoms with Crippen LogP contribution in [0.5, 0.6) is 5.75 Å². The van der Waals surface area contributed by atoms with Crippen molar-refractivity contribution < 1.29 is 18.7 Å². The molecule has 2 aliphatic rings. The van der Waals surface area contributed by atoms with Crippen molar-refractivity contribution in [3.63, 3.8) is 0 Å². The molecule has 0 spiro atoms. The summed E-state index contributed by atoms with van der Waals surface area (Å²) in [5.74, 6) is 1.11. The second kappa shape index (κ2) is 10.1. The summed E-state index contributed by atoms with van der Waals surface area (Å²) in [5, 5.41) is 0.594. The zero-order chi connectivity index (χ0) is 23.4. The third kappa shape index (κ3) is 5.68. The first-order chi connectivity index (χ1) is 15.8. The number of benzene rings is 1. The first kappa shape index (κ1) is 23.6. The van der Waals surface area contributed by atoms with E-state index in [-0.39, 0.29) is 11.8 Å². The Labute approximate surface area is 199 Å². The van der Waals surface area contributed by atoms with Gasteiger partial charge < -0.3 is 23.9 Å². The van der Waals surface area contributed by atoms with E-state index >= 15 is 0 Å². The van der Waals surface area contributed by atoms with E-state index in [0.717, 1.165) is 39.0 Å². The minimum absolute atomic E-state index is 0.115. The molecule has 178 valence electrons. The zero-order valence-electron chi connectivity index (χ0n) is 19.3. The number of rotatable bonds is 6. The fourth-order valence-corrected chi connectivity index (χ4v) is 4.82. The molecule has 4 rings (SSSR count). The maximum Gasteiger partial charge on any atom is 0.276 e. The molecule has 33 heavy (non-hydrogen) atoms. The van der Waals surface area contributed by atoms with Gasteiger partial charge in [0.05, 0.1) is 6.61 Å². The van der Waals surface area contributed by atoms with Crippen LogP contribution in [-0.4, -0.2) is 84.4 Å². The predicted molar refractivity (Wildman–Crippen MR) is 124 cm³/mol. The number of piperazine rings is 1. The number of aryl methyl sites for hydroxylation is 1. The van der Waals surface area contributed by atoms with Crippen LogP contribution >= 0.6 is 11.6 Å². The Balaban J connectivity index is 1.52. The van der Waals surface area contributed by atoms with Crippen molar-refractivity contribution in [2.45, 2.75) is 26.2 Å². The topological polar surface area (TPSA) is 79.1 Å². The van der Waals surface area contributed by atoms with E-state index in [1.807, 2.05) is 17.0 Å². The fourth-order valence-electron chi connectivity index (χ4n) is 4.64. The Morgan fingerprint density at radius 1 is 1.18 bits per heavy atom. The van der Waals surface area contributed by atoms with E-state index in [4.69, 9.17) is 20.8 Å². The van der Waals surface area contributed by atoms with E-state index in [0.29, 0.717) is 48.3 Å². The van der Waals surface area contributed by atoms with Crippen molar-refractivity contribution >= 4 is 23.4 Å². The first-order valence-electron chi connectivity index (χ1n) is 11.4. The summed E-state index contributed by atoms with van der Waals surface area (Å²) in [6.07, 6.45) is 3.21. The van der Waals surface area contributed by atoms with Crippen LogP contribution in [0.1, 0.15) is 35.5 Å². The third-order valence-electron chi connectivity index (χ3n) is 6.62. The van der Waals surface area contributed by atoms with E-state index < -0.39 is 5.41 Å². The highest BCUT2D eigenvalue weighted by Gasteiger charge is 2.42. The van der Waals surface area contributed by atoms with Crippen molar-refractivity contribution in [2.75, 3.05) is 52.9 Å². The van der Waals surface area contributed by atoms with Gasteiger partial charge in [0, 0.05) is 56.1 Å². The van der Waals surface area contributed by atoms with Crippen molar-refractivity contribution in [2.24, 2.45) is 5.41 Å². The number of halogens is 1. The molecule has 3 heterocycles. The summed E-state index contributed by atoms with van der Waals surface area (Å²) in [4.78, 5) is 36.5.